The Morgan fingerprint density at radius 2 is 2.12 bits per heavy atom. The number of benzene rings is 1. The maximum atomic E-state index is 12.3. The van der Waals surface area contributed by atoms with E-state index in [4.69, 9.17) is 11.6 Å². The van der Waals surface area contributed by atoms with Crippen LogP contribution in [0, 0.1) is 0 Å². The highest BCUT2D eigenvalue weighted by atomic mass is 35.5. The maximum Gasteiger partial charge on any atom is 0.233 e. The van der Waals surface area contributed by atoms with Gasteiger partial charge in [0.15, 0.2) is 0 Å². The smallest absolute Gasteiger partial charge is 0.233 e. The number of aromatic nitrogens is 4. The monoisotopic (exact) mass is 379 g/mol. The van der Waals surface area contributed by atoms with Crippen molar-refractivity contribution in [3.8, 4) is 5.69 Å². The Hall–Kier alpha value is -1.90. The second-order valence-electron chi connectivity index (χ2n) is 4.97. The van der Waals surface area contributed by atoms with Crippen LogP contribution in [0.2, 0.25) is 5.02 Å². The summed E-state index contributed by atoms with van der Waals surface area (Å²) in [6, 6.07) is 11.2. The molecule has 0 atom stereocenters. The van der Waals surface area contributed by atoms with Gasteiger partial charge in [0.05, 0.1) is 18.0 Å². The van der Waals surface area contributed by atoms with Crippen LogP contribution in [-0.4, -0.2) is 43.8 Å². The number of nitrogens with zero attached hydrogens (tertiary/aromatic N) is 5. The van der Waals surface area contributed by atoms with E-state index in [0.29, 0.717) is 16.7 Å². The summed E-state index contributed by atoms with van der Waals surface area (Å²) in [6.45, 7) is 0.610. The van der Waals surface area contributed by atoms with Crippen molar-refractivity contribution in [3.05, 3.63) is 51.7 Å². The van der Waals surface area contributed by atoms with Gasteiger partial charge in [0.1, 0.15) is 0 Å². The molecular weight excluding hydrogens is 366 g/mol. The summed E-state index contributed by atoms with van der Waals surface area (Å²) in [7, 11) is 1.80. The third-order valence-corrected chi connectivity index (χ3v) is 5.25. The van der Waals surface area contributed by atoms with Gasteiger partial charge in [-0.25, -0.2) is 0 Å². The van der Waals surface area contributed by atoms with E-state index in [0.717, 1.165) is 10.6 Å². The Morgan fingerprint density at radius 3 is 2.83 bits per heavy atom. The van der Waals surface area contributed by atoms with Gasteiger partial charge in [-0.2, -0.15) is 4.68 Å². The van der Waals surface area contributed by atoms with E-state index < -0.39 is 0 Å². The molecule has 0 saturated carbocycles. The summed E-state index contributed by atoms with van der Waals surface area (Å²) < 4.78 is 1.59. The molecule has 1 amide bonds. The van der Waals surface area contributed by atoms with Crippen molar-refractivity contribution >= 4 is 40.6 Å². The van der Waals surface area contributed by atoms with Gasteiger partial charge in [0, 0.05) is 16.9 Å². The van der Waals surface area contributed by atoms with Crippen LogP contribution in [0.4, 0.5) is 0 Å². The first kappa shape index (κ1) is 16.9. The topological polar surface area (TPSA) is 63.9 Å². The molecule has 2 heterocycles. The molecule has 0 spiro atoms. The molecule has 0 N–H and O–H groups in total. The van der Waals surface area contributed by atoms with E-state index in [-0.39, 0.29) is 11.7 Å². The van der Waals surface area contributed by atoms with E-state index in [1.54, 1.807) is 40.1 Å². The average molecular weight is 380 g/mol. The minimum Gasteiger partial charge on any atom is -0.340 e. The molecule has 0 radical (unpaired) electrons. The van der Waals surface area contributed by atoms with Crippen molar-refractivity contribution in [3.63, 3.8) is 0 Å². The molecule has 6 nitrogen and oxygen atoms in total. The van der Waals surface area contributed by atoms with Crippen LogP contribution >= 0.6 is 34.7 Å². The van der Waals surface area contributed by atoms with Crippen molar-refractivity contribution in [2.45, 2.75) is 11.7 Å². The number of tetrazole rings is 1. The molecule has 0 fully saturated rings. The number of amides is 1. The lowest BCUT2D eigenvalue weighted by Gasteiger charge is -2.15. The Labute approximate surface area is 152 Å². The standard InChI is InChI=1S/C15H14ClN5OS2/c1-20(9-13-3-2-8-23-13)14(22)10-24-15-17-18-19-21(15)12-6-4-11(16)5-7-12/h2-8H,9-10H2,1H3. The zero-order valence-corrected chi connectivity index (χ0v) is 15.2. The SMILES string of the molecule is CN(Cc1cccs1)C(=O)CSc1nnnn1-c1ccc(Cl)cc1. The molecule has 0 saturated heterocycles. The van der Waals surface area contributed by atoms with Gasteiger partial charge in [-0.3, -0.25) is 4.79 Å². The van der Waals surface area contributed by atoms with Crippen molar-refractivity contribution in [1.29, 1.82) is 0 Å². The Balaban J connectivity index is 1.62. The molecule has 0 aliphatic carbocycles. The number of hydrogen-bond acceptors (Lipinski definition) is 6. The van der Waals surface area contributed by atoms with E-state index in [1.165, 1.54) is 11.8 Å². The van der Waals surface area contributed by atoms with Gasteiger partial charge in [0.2, 0.25) is 11.1 Å². The first-order valence-electron chi connectivity index (χ1n) is 7.07. The quantitative estimate of drug-likeness (QED) is 0.616. The molecular formula is C15H14ClN5OS2. The van der Waals surface area contributed by atoms with Gasteiger partial charge >= 0.3 is 0 Å². The number of thioether (sulfide) groups is 1. The first-order chi connectivity index (χ1) is 11.6. The highest BCUT2D eigenvalue weighted by molar-refractivity contribution is 7.99. The molecule has 2 aromatic heterocycles. The van der Waals surface area contributed by atoms with E-state index in [9.17, 15) is 4.79 Å². The van der Waals surface area contributed by atoms with Gasteiger partial charge in [-0.1, -0.05) is 29.4 Å². The van der Waals surface area contributed by atoms with Crippen LogP contribution in [-0.2, 0) is 11.3 Å². The number of carbonyl (C=O) groups excluding carboxylic acids is 1. The van der Waals surface area contributed by atoms with Crippen LogP contribution in [0.5, 0.6) is 0 Å². The van der Waals surface area contributed by atoms with Crippen LogP contribution in [0.1, 0.15) is 4.88 Å². The first-order valence-corrected chi connectivity index (χ1v) is 9.31. The highest BCUT2D eigenvalue weighted by Crippen LogP contribution is 2.20. The van der Waals surface area contributed by atoms with Gasteiger partial charge in [-0.05, 0) is 46.1 Å². The van der Waals surface area contributed by atoms with Gasteiger partial charge in [0.25, 0.3) is 0 Å². The molecule has 9 heteroatoms. The summed E-state index contributed by atoms with van der Waals surface area (Å²) in [6.07, 6.45) is 0. The fourth-order valence-electron chi connectivity index (χ4n) is 1.97. The number of halogens is 1. The minimum absolute atomic E-state index is 0.0269. The third kappa shape index (κ3) is 4.14. The molecule has 3 rings (SSSR count). The Kier molecular flexibility index (Phi) is 5.49. The number of thiophene rings is 1. The fourth-order valence-corrected chi connectivity index (χ4v) is 3.69. The second-order valence-corrected chi connectivity index (χ2v) is 7.38. The Morgan fingerprint density at radius 1 is 1.33 bits per heavy atom. The molecule has 3 aromatic rings. The summed E-state index contributed by atoms with van der Waals surface area (Å²) in [5.41, 5.74) is 0.797. The molecule has 124 valence electrons. The van der Waals surface area contributed by atoms with Crippen molar-refractivity contribution < 1.29 is 4.79 Å². The number of carbonyl (C=O) groups is 1. The maximum absolute atomic E-state index is 12.3. The molecule has 0 bridgehead atoms. The second kappa shape index (κ2) is 7.78. The normalized spacial score (nSPS) is 10.8. The fraction of sp³-hybridized carbons (Fsp3) is 0.200. The molecule has 1 aromatic carbocycles. The summed E-state index contributed by atoms with van der Waals surface area (Å²) in [5, 5.41) is 14.9. The molecule has 0 aliphatic rings. The predicted octanol–water partition coefficient (Wildman–Crippen LogP) is 3.13. The van der Waals surface area contributed by atoms with Gasteiger partial charge in [-0.15, -0.1) is 16.4 Å². The zero-order chi connectivity index (χ0) is 16.9. The van der Waals surface area contributed by atoms with E-state index >= 15 is 0 Å². The third-order valence-electron chi connectivity index (χ3n) is 3.24. The summed E-state index contributed by atoms with van der Waals surface area (Å²) in [4.78, 5) is 15.1. The number of rotatable bonds is 6. The van der Waals surface area contributed by atoms with Crippen molar-refractivity contribution in [2.24, 2.45) is 0 Å². The lowest BCUT2D eigenvalue weighted by atomic mass is 10.3. The largest absolute Gasteiger partial charge is 0.340 e. The van der Waals surface area contributed by atoms with Crippen LogP contribution in [0.25, 0.3) is 5.69 Å². The van der Waals surface area contributed by atoms with Crippen LogP contribution in [0.3, 0.4) is 0 Å². The van der Waals surface area contributed by atoms with Crippen molar-refractivity contribution in [1.82, 2.24) is 25.1 Å². The lowest BCUT2D eigenvalue weighted by molar-refractivity contribution is -0.127. The minimum atomic E-state index is 0.0269. The van der Waals surface area contributed by atoms with Gasteiger partial charge < -0.3 is 4.90 Å². The van der Waals surface area contributed by atoms with Crippen molar-refractivity contribution in [2.75, 3.05) is 12.8 Å². The molecule has 24 heavy (non-hydrogen) atoms. The predicted molar refractivity (Wildman–Crippen MR) is 95.7 cm³/mol. The lowest BCUT2D eigenvalue weighted by Crippen LogP contribution is -2.27. The summed E-state index contributed by atoms with van der Waals surface area (Å²) >= 11 is 8.84. The highest BCUT2D eigenvalue weighted by Gasteiger charge is 2.14. The van der Waals surface area contributed by atoms with Crippen LogP contribution in [0.15, 0.2) is 46.9 Å². The molecule has 0 unspecified atom stereocenters. The Bertz CT molecular complexity index is 804. The van der Waals surface area contributed by atoms with E-state index in [2.05, 4.69) is 15.5 Å². The average Bonchev–Trinajstić information content (AvgIpc) is 3.25. The summed E-state index contributed by atoms with van der Waals surface area (Å²) in [5.74, 6) is 0.301. The zero-order valence-electron chi connectivity index (χ0n) is 12.8. The van der Waals surface area contributed by atoms with Crippen LogP contribution < -0.4 is 0 Å². The number of hydrogen-bond donors (Lipinski definition) is 0. The van der Waals surface area contributed by atoms with E-state index in [1.807, 2.05) is 29.6 Å². The molecule has 0 aliphatic heterocycles.